The number of carbonyl (C=O) groups is 1. The highest BCUT2D eigenvalue weighted by Crippen LogP contribution is 2.28. The maximum Gasteiger partial charge on any atom is 0.306 e. The minimum Gasteiger partial charge on any atom is -0.481 e. The number of hydrogen-bond donors (Lipinski definition) is 1. The Morgan fingerprint density at radius 2 is 1.95 bits per heavy atom. The maximum atomic E-state index is 11.0. The smallest absolute Gasteiger partial charge is 0.306 e. The number of aliphatic carboxylic acids is 1. The number of anilines is 1. The van der Waals surface area contributed by atoms with Gasteiger partial charge < -0.3 is 10.0 Å². The molecule has 1 saturated heterocycles. The van der Waals surface area contributed by atoms with Crippen molar-refractivity contribution in [2.75, 3.05) is 18.0 Å². The zero-order valence-corrected chi connectivity index (χ0v) is 10.6. The van der Waals surface area contributed by atoms with Gasteiger partial charge in [0.25, 0.3) is 0 Å². The lowest BCUT2D eigenvalue weighted by Crippen LogP contribution is -2.36. The third-order valence-electron chi connectivity index (χ3n) is 3.80. The number of hydrogen-bond acceptors (Lipinski definition) is 3. The monoisotopic (exact) mass is 256 g/mol. The summed E-state index contributed by atoms with van der Waals surface area (Å²) < 4.78 is 0. The summed E-state index contributed by atoms with van der Waals surface area (Å²) in [6.07, 6.45) is 3.22. The van der Waals surface area contributed by atoms with Gasteiger partial charge in [0.1, 0.15) is 0 Å². The van der Waals surface area contributed by atoms with Gasteiger partial charge in [-0.2, -0.15) is 0 Å². The van der Waals surface area contributed by atoms with E-state index < -0.39 is 5.97 Å². The van der Waals surface area contributed by atoms with Crippen LogP contribution in [0.15, 0.2) is 36.5 Å². The molecule has 0 saturated carbocycles. The lowest BCUT2D eigenvalue weighted by molar-refractivity contribution is -0.142. The first kappa shape index (κ1) is 12.0. The van der Waals surface area contributed by atoms with E-state index in [2.05, 4.69) is 28.1 Å². The maximum absolute atomic E-state index is 11.0. The molecule has 1 aliphatic rings. The summed E-state index contributed by atoms with van der Waals surface area (Å²) in [5.74, 6) is -0.866. The van der Waals surface area contributed by atoms with Crippen molar-refractivity contribution in [3.63, 3.8) is 0 Å². The van der Waals surface area contributed by atoms with Crippen molar-refractivity contribution in [2.24, 2.45) is 5.92 Å². The van der Waals surface area contributed by atoms with E-state index in [-0.39, 0.29) is 5.92 Å². The molecule has 1 aromatic carbocycles. The highest BCUT2D eigenvalue weighted by molar-refractivity contribution is 5.90. The second-order valence-electron chi connectivity index (χ2n) is 4.95. The van der Waals surface area contributed by atoms with Gasteiger partial charge in [0, 0.05) is 24.7 Å². The SMILES string of the molecule is O=C(O)C1CCN(c2cccc3cccnc23)CC1. The molecule has 0 aliphatic carbocycles. The molecule has 1 aromatic heterocycles. The Balaban J connectivity index is 1.88. The fourth-order valence-electron chi connectivity index (χ4n) is 2.71. The molecule has 0 atom stereocenters. The van der Waals surface area contributed by atoms with Gasteiger partial charge >= 0.3 is 5.97 Å². The van der Waals surface area contributed by atoms with E-state index >= 15 is 0 Å². The second-order valence-corrected chi connectivity index (χ2v) is 4.95. The van der Waals surface area contributed by atoms with Gasteiger partial charge in [0.05, 0.1) is 17.1 Å². The average Bonchev–Trinajstić information content (AvgIpc) is 2.47. The minimum absolute atomic E-state index is 0.195. The van der Waals surface area contributed by atoms with Gasteiger partial charge in [-0.05, 0) is 25.0 Å². The van der Waals surface area contributed by atoms with E-state index in [0.29, 0.717) is 12.8 Å². The minimum atomic E-state index is -0.671. The van der Waals surface area contributed by atoms with Crippen molar-refractivity contribution in [1.82, 2.24) is 4.98 Å². The van der Waals surface area contributed by atoms with Crippen LogP contribution in [0.3, 0.4) is 0 Å². The van der Waals surface area contributed by atoms with E-state index in [9.17, 15) is 4.79 Å². The lowest BCUT2D eigenvalue weighted by atomic mass is 9.96. The van der Waals surface area contributed by atoms with Crippen LogP contribution in [0.25, 0.3) is 10.9 Å². The second kappa shape index (κ2) is 4.88. The van der Waals surface area contributed by atoms with Gasteiger partial charge in [-0.3, -0.25) is 9.78 Å². The molecule has 19 heavy (non-hydrogen) atoms. The number of carboxylic acid groups (broad SMARTS) is 1. The highest BCUT2D eigenvalue weighted by atomic mass is 16.4. The molecule has 0 amide bonds. The normalized spacial score (nSPS) is 16.7. The number of fused-ring (bicyclic) bond motifs is 1. The number of carboxylic acids is 1. The van der Waals surface area contributed by atoms with Crippen LogP contribution in [0.1, 0.15) is 12.8 Å². The number of piperidine rings is 1. The van der Waals surface area contributed by atoms with Crippen LogP contribution in [0.5, 0.6) is 0 Å². The Morgan fingerprint density at radius 3 is 2.68 bits per heavy atom. The van der Waals surface area contributed by atoms with Crippen molar-refractivity contribution >= 4 is 22.6 Å². The van der Waals surface area contributed by atoms with Gasteiger partial charge in [-0.25, -0.2) is 0 Å². The van der Waals surface area contributed by atoms with Gasteiger partial charge in [0.15, 0.2) is 0 Å². The molecule has 0 unspecified atom stereocenters. The summed E-state index contributed by atoms with van der Waals surface area (Å²) in [7, 11) is 0. The van der Waals surface area contributed by atoms with Gasteiger partial charge in [-0.1, -0.05) is 18.2 Å². The van der Waals surface area contributed by atoms with E-state index in [1.807, 2.05) is 12.1 Å². The first-order chi connectivity index (χ1) is 9.25. The summed E-state index contributed by atoms with van der Waals surface area (Å²) in [5, 5.41) is 10.2. The summed E-state index contributed by atoms with van der Waals surface area (Å²) in [6.45, 7) is 1.57. The van der Waals surface area contributed by atoms with E-state index in [4.69, 9.17) is 5.11 Å². The number of benzene rings is 1. The zero-order valence-electron chi connectivity index (χ0n) is 10.6. The van der Waals surface area contributed by atoms with Crippen LogP contribution in [0, 0.1) is 5.92 Å². The molecular formula is C15H16N2O2. The van der Waals surface area contributed by atoms with Gasteiger partial charge in [0.2, 0.25) is 0 Å². The van der Waals surface area contributed by atoms with Crippen LogP contribution in [0.4, 0.5) is 5.69 Å². The largest absolute Gasteiger partial charge is 0.481 e. The Bertz CT molecular complexity index is 599. The van der Waals surface area contributed by atoms with Crippen molar-refractivity contribution in [1.29, 1.82) is 0 Å². The van der Waals surface area contributed by atoms with E-state index in [1.165, 1.54) is 0 Å². The summed E-state index contributed by atoms with van der Waals surface area (Å²) >= 11 is 0. The summed E-state index contributed by atoms with van der Waals surface area (Å²) in [5.41, 5.74) is 2.11. The van der Waals surface area contributed by atoms with Crippen molar-refractivity contribution in [3.05, 3.63) is 36.5 Å². The van der Waals surface area contributed by atoms with Crippen LogP contribution in [-0.4, -0.2) is 29.1 Å². The molecule has 0 spiro atoms. The highest BCUT2D eigenvalue weighted by Gasteiger charge is 2.25. The molecule has 0 radical (unpaired) electrons. The fraction of sp³-hybridized carbons (Fsp3) is 0.333. The molecule has 4 heteroatoms. The number of para-hydroxylation sites is 1. The number of aromatic nitrogens is 1. The van der Waals surface area contributed by atoms with E-state index in [0.717, 1.165) is 29.7 Å². The lowest BCUT2D eigenvalue weighted by Gasteiger charge is -2.32. The zero-order chi connectivity index (χ0) is 13.2. The predicted molar refractivity (Wildman–Crippen MR) is 74.3 cm³/mol. The van der Waals surface area contributed by atoms with Crippen LogP contribution >= 0.6 is 0 Å². The topological polar surface area (TPSA) is 53.4 Å². The third-order valence-corrected chi connectivity index (χ3v) is 3.80. The fourth-order valence-corrected chi connectivity index (χ4v) is 2.71. The standard InChI is InChI=1S/C15H16N2O2/c18-15(19)12-6-9-17(10-7-12)13-5-1-3-11-4-2-8-16-14(11)13/h1-5,8,12H,6-7,9-10H2,(H,18,19). The molecule has 0 bridgehead atoms. The number of pyridine rings is 1. The molecule has 98 valence electrons. The quantitative estimate of drug-likeness (QED) is 0.897. The predicted octanol–water partition coefficient (Wildman–Crippen LogP) is 2.54. The number of rotatable bonds is 2. The van der Waals surface area contributed by atoms with Crippen molar-refractivity contribution < 1.29 is 9.90 Å². The van der Waals surface area contributed by atoms with Gasteiger partial charge in [-0.15, -0.1) is 0 Å². The van der Waals surface area contributed by atoms with Crippen molar-refractivity contribution in [2.45, 2.75) is 12.8 Å². The Kier molecular flexibility index (Phi) is 3.07. The summed E-state index contributed by atoms with van der Waals surface area (Å²) in [6, 6.07) is 10.1. The average molecular weight is 256 g/mol. The molecule has 3 rings (SSSR count). The van der Waals surface area contributed by atoms with Crippen LogP contribution in [0.2, 0.25) is 0 Å². The first-order valence-corrected chi connectivity index (χ1v) is 6.57. The molecule has 1 aliphatic heterocycles. The Labute approximate surface area is 111 Å². The third kappa shape index (κ3) is 2.26. The number of nitrogens with zero attached hydrogens (tertiary/aromatic N) is 2. The summed E-state index contributed by atoms with van der Waals surface area (Å²) in [4.78, 5) is 17.7. The molecule has 4 nitrogen and oxygen atoms in total. The molecular weight excluding hydrogens is 240 g/mol. The molecule has 1 N–H and O–H groups in total. The molecule has 2 aromatic rings. The molecule has 1 fully saturated rings. The van der Waals surface area contributed by atoms with E-state index in [1.54, 1.807) is 6.20 Å². The van der Waals surface area contributed by atoms with Crippen molar-refractivity contribution in [3.8, 4) is 0 Å². The Morgan fingerprint density at radius 1 is 1.21 bits per heavy atom. The first-order valence-electron chi connectivity index (χ1n) is 6.57. The van der Waals surface area contributed by atoms with Crippen LogP contribution < -0.4 is 4.90 Å². The molecule has 2 heterocycles. The Hall–Kier alpha value is -2.10. The van der Waals surface area contributed by atoms with Crippen LogP contribution in [-0.2, 0) is 4.79 Å².